The minimum Gasteiger partial charge on any atom is -0.350 e. The number of nitrogens with zero attached hydrogens (tertiary/aromatic N) is 1. The van der Waals surface area contributed by atoms with Gasteiger partial charge in [-0.1, -0.05) is 15.9 Å². The van der Waals surface area contributed by atoms with Gasteiger partial charge in [0.2, 0.25) is 0 Å². The summed E-state index contributed by atoms with van der Waals surface area (Å²) in [5.74, 6) is -0.411. The Balaban J connectivity index is 2.99. The zero-order valence-electron chi connectivity index (χ0n) is 7.92. The van der Waals surface area contributed by atoms with Gasteiger partial charge in [-0.05, 0) is 25.1 Å². The highest BCUT2D eigenvalue weighted by molar-refractivity contribution is 9.10. The average Bonchev–Trinajstić information content (AvgIpc) is 2.18. The van der Waals surface area contributed by atoms with Gasteiger partial charge in [0.05, 0.1) is 5.71 Å². The quantitative estimate of drug-likeness (QED) is 0.628. The Labute approximate surface area is 94.5 Å². The van der Waals surface area contributed by atoms with E-state index in [1.807, 2.05) is 5.43 Å². The van der Waals surface area contributed by atoms with Crippen molar-refractivity contribution in [1.29, 1.82) is 0 Å². The highest BCUT2D eigenvalue weighted by atomic mass is 79.9. The number of halogens is 2. The van der Waals surface area contributed by atoms with E-state index in [0.717, 1.165) is 4.47 Å². The van der Waals surface area contributed by atoms with Crippen LogP contribution in [-0.2, 0) is 0 Å². The number of nitrogens with two attached hydrogens (primary N) is 1. The topological polar surface area (TPSA) is 67.5 Å². The van der Waals surface area contributed by atoms with Crippen molar-refractivity contribution >= 4 is 27.7 Å². The Bertz CT molecular complexity index is 420. The number of hydrogen-bond donors (Lipinski definition) is 2. The molecule has 0 unspecified atom stereocenters. The van der Waals surface area contributed by atoms with E-state index in [1.165, 1.54) is 6.07 Å². The number of primary amides is 1. The second kappa shape index (κ2) is 4.88. The number of hydrogen-bond acceptors (Lipinski definition) is 2. The minimum absolute atomic E-state index is 0.304. The zero-order valence-corrected chi connectivity index (χ0v) is 9.51. The van der Waals surface area contributed by atoms with E-state index >= 15 is 0 Å². The first-order valence-corrected chi connectivity index (χ1v) is 4.85. The van der Waals surface area contributed by atoms with Crippen LogP contribution in [0.1, 0.15) is 12.5 Å². The number of benzene rings is 1. The summed E-state index contributed by atoms with van der Waals surface area (Å²) in [5.41, 5.74) is 7.51. The van der Waals surface area contributed by atoms with Crippen molar-refractivity contribution in [1.82, 2.24) is 5.43 Å². The van der Waals surface area contributed by atoms with E-state index in [2.05, 4.69) is 21.0 Å². The molecule has 80 valence electrons. The molecule has 6 heteroatoms. The van der Waals surface area contributed by atoms with Gasteiger partial charge in [0.1, 0.15) is 5.82 Å². The van der Waals surface area contributed by atoms with Crippen LogP contribution in [0.2, 0.25) is 0 Å². The first kappa shape index (κ1) is 11.6. The summed E-state index contributed by atoms with van der Waals surface area (Å²) in [4.78, 5) is 10.4. The summed E-state index contributed by atoms with van der Waals surface area (Å²) in [6, 6.07) is 3.66. The molecule has 0 aromatic heterocycles. The van der Waals surface area contributed by atoms with Gasteiger partial charge in [-0.25, -0.2) is 14.6 Å². The van der Waals surface area contributed by atoms with Crippen LogP contribution >= 0.6 is 15.9 Å². The summed E-state index contributed by atoms with van der Waals surface area (Å²) in [6.45, 7) is 1.57. The summed E-state index contributed by atoms with van der Waals surface area (Å²) in [5, 5.41) is 3.63. The number of nitrogens with one attached hydrogen (secondary N) is 1. The molecule has 3 N–H and O–H groups in total. The SMILES string of the molecule is C/C(=N/NC(N)=O)c1cc(Br)ccc1F. The third kappa shape index (κ3) is 3.32. The lowest BCUT2D eigenvalue weighted by Gasteiger charge is -2.03. The molecule has 0 atom stereocenters. The van der Waals surface area contributed by atoms with Gasteiger partial charge in [-0.15, -0.1) is 0 Å². The van der Waals surface area contributed by atoms with Crippen LogP contribution in [0.4, 0.5) is 9.18 Å². The molecule has 15 heavy (non-hydrogen) atoms. The number of amides is 2. The normalized spacial score (nSPS) is 11.3. The summed E-state index contributed by atoms with van der Waals surface area (Å²) >= 11 is 3.21. The Morgan fingerprint density at radius 2 is 2.27 bits per heavy atom. The van der Waals surface area contributed by atoms with Gasteiger partial charge in [-0.3, -0.25) is 0 Å². The number of carbonyl (C=O) groups is 1. The second-order valence-corrected chi connectivity index (χ2v) is 3.71. The van der Waals surface area contributed by atoms with Gasteiger partial charge in [-0.2, -0.15) is 5.10 Å². The molecule has 1 aromatic rings. The summed E-state index contributed by atoms with van der Waals surface area (Å²) in [6.07, 6.45) is 0. The molecule has 2 amide bonds. The van der Waals surface area contributed by atoms with Crippen molar-refractivity contribution < 1.29 is 9.18 Å². The molecule has 1 aromatic carbocycles. The Hall–Kier alpha value is -1.43. The molecule has 0 radical (unpaired) electrons. The highest BCUT2D eigenvalue weighted by Gasteiger charge is 2.06. The fraction of sp³-hybridized carbons (Fsp3) is 0.111. The zero-order chi connectivity index (χ0) is 11.4. The fourth-order valence-electron chi connectivity index (χ4n) is 0.974. The smallest absolute Gasteiger partial charge is 0.332 e. The van der Waals surface area contributed by atoms with E-state index in [4.69, 9.17) is 5.73 Å². The molecule has 0 bridgehead atoms. The van der Waals surface area contributed by atoms with Crippen molar-refractivity contribution in [3.8, 4) is 0 Å². The van der Waals surface area contributed by atoms with Gasteiger partial charge in [0.15, 0.2) is 0 Å². The van der Waals surface area contributed by atoms with Gasteiger partial charge in [0, 0.05) is 10.0 Å². The van der Waals surface area contributed by atoms with Crippen molar-refractivity contribution in [2.45, 2.75) is 6.92 Å². The molecule has 0 saturated carbocycles. The van der Waals surface area contributed by atoms with Crippen LogP contribution < -0.4 is 11.2 Å². The molecule has 0 heterocycles. The maximum atomic E-state index is 13.3. The second-order valence-electron chi connectivity index (χ2n) is 2.80. The molecule has 1 rings (SSSR count). The lowest BCUT2D eigenvalue weighted by atomic mass is 10.1. The fourth-order valence-corrected chi connectivity index (χ4v) is 1.34. The average molecular weight is 274 g/mol. The molecule has 0 spiro atoms. The number of rotatable bonds is 2. The maximum absolute atomic E-state index is 13.3. The first-order chi connectivity index (χ1) is 7.00. The van der Waals surface area contributed by atoms with E-state index in [1.54, 1.807) is 19.1 Å². The summed E-state index contributed by atoms with van der Waals surface area (Å²) in [7, 11) is 0. The number of urea groups is 1. The molecular formula is C9H9BrFN3O. The van der Waals surface area contributed by atoms with Crippen molar-refractivity contribution in [2.75, 3.05) is 0 Å². The highest BCUT2D eigenvalue weighted by Crippen LogP contribution is 2.16. The van der Waals surface area contributed by atoms with Crippen LogP contribution in [0.25, 0.3) is 0 Å². The largest absolute Gasteiger partial charge is 0.350 e. The number of hydrazone groups is 1. The first-order valence-electron chi connectivity index (χ1n) is 4.06. The molecular weight excluding hydrogens is 265 g/mol. The predicted octanol–water partition coefficient (Wildman–Crippen LogP) is 1.98. The third-order valence-electron chi connectivity index (χ3n) is 1.65. The van der Waals surface area contributed by atoms with Crippen molar-refractivity contribution in [2.24, 2.45) is 10.8 Å². The van der Waals surface area contributed by atoms with Crippen LogP contribution in [0.15, 0.2) is 27.8 Å². The van der Waals surface area contributed by atoms with E-state index in [9.17, 15) is 9.18 Å². The molecule has 0 aliphatic rings. The van der Waals surface area contributed by atoms with Crippen LogP contribution in [0.5, 0.6) is 0 Å². The summed E-state index contributed by atoms with van der Waals surface area (Å²) < 4.78 is 14.0. The van der Waals surface area contributed by atoms with E-state index in [-0.39, 0.29) is 0 Å². The van der Waals surface area contributed by atoms with Gasteiger partial charge < -0.3 is 5.73 Å². The lowest BCUT2D eigenvalue weighted by molar-refractivity contribution is 0.249. The van der Waals surface area contributed by atoms with Gasteiger partial charge in [0.25, 0.3) is 0 Å². The predicted molar refractivity (Wildman–Crippen MR) is 59.0 cm³/mol. The standard InChI is InChI=1S/C9H9BrFN3O/c1-5(13-14-9(12)15)7-4-6(10)2-3-8(7)11/h2-4H,1H3,(H3,12,14,15)/b13-5-. The Morgan fingerprint density at radius 3 is 2.87 bits per heavy atom. The van der Waals surface area contributed by atoms with Crippen molar-refractivity contribution in [3.63, 3.8) is 0 Å². The molecule has 0 aliphatic heterocycles. The van der Waals surface area contributed by atoms with Crippen molar-refractivity contribution in [3.05, 3.63) is 34.1 Å². The van der Waals surface area contributed by atoms with Crippen LogP contribution in [-0.4, -0.2) is 11.7 Å². The Morgan fingerprint density at radius 1 is 1.60 bits per heavy atom. The Kier molecular flexibility index (Phi) is 3.79. The minimum atomic E-state index is -0.787. The third-order valence-corrected chi connectivity index (χ3v) is 2.15. The molecule has 4 nitrogen and oxygen atoms in total. The molecule has 0 saturated heterocycles. The van der Waals surface area contributed by atoms with Crippen LogP contribution in [0, 0.1) is 5.82 Å². The monoisotopic (exact) mass is 273 g/mol. The van der Waals surface area contributed by atoms with Crippen LogP contribution in [0.3, 0.4) is 0 Å². The molecule has 0 aliphatic carbocycles. The van der Waals surface area contributed by atoms with Gasteiger partial charge >= 0.3 is 6.03 Å². The van der Waals surface area contributed by atoms with E-state index in [0.29, 0.717) is 11.3 Å². The molecule has 0 fully saturated rings. The lowest BCUT2D eigenvalue weighted by Crippen LogP contribution is -2.25. The maximum Gasteiger partial charge on any atom is 0.332 e. The number of carbonyl (C=O) groups excluding carboxylic acids is 1. The van der Waals surface area contributed by atoms with E-state index < -0.39 is 11.8 Å².